The van der Waals surface area contributed by atoms with Gasteiger partial charge in [0.1, 0.15) is 18.4 Å². The smallest absolute Gasteiger partial charge is 0.264 e. The normalized spacial score (nSPS) is 17.6. The van der Waals surface area contributed by atoms with Crippen LogP contribution in [-0.4, -0.2) is 127 Å². The highest BCUT2D eigenvalue weighted by Gasteiger charge is 2.45. The van der Waals surface area contributed by atoms with Gasteiger partial charge in [0.2, 0.25) is 17.7 Å². The van der Waals surface area contributed by atoms with Crippen LogP contribution in [-0.2, 0) is 14.4 Å². The molecule has 1 atom stereocenters. The summed E-state index contributed by atoms with van der Waals surface area (Å²) in [4.78, 5) is 71.0. The predicted octanol–water partition coefficient (Wildman–Crippen LogP) is 5.63. The molecule has 2 fully saturated rings. The van der Waals surface area contributed by atoms with Crippen molar-refractivity contribution in [2.24, 2.45) is 0 Å². The lowest BCUT2D eigenvalue weighted by Crippen LogP contribution is -2.54. The summed E-state index contributed by atoms with van der Waals surface area (Å²) in [6.07, 6.45) is 1.34. The number of carbonyl (C=O) groups excluding carboxylic acids is 5. The minimum Gasteiger partial charge on any atom is -0.492 e. The molecule has 0 bridgehead atoms. The molecule has 2 saturated heterocycles. The van der Waals surface area contributed by atoms with Crippen LogP contribution in [0.5, 0.6) is 5.75 Å². The van der Waals surface area contributed by atoms with Gasteiger partial charge in [-0.3, -0.25) is 39.1 Å². The van der Waals surface area contributed by atoms with Crippen LogP contribution in [0.25, 0.3) is 11.1 Å². The number of rotatable bonds is 17. The number of nitrogens with one attached hydrogen (secondary N) is 2. The van der Waals surface area contributed by atoms with E-state index in [1.807, 2.05) is 55.6 Å². The van der Waals surface area contributed by atoms with Gasteiger partial charge in [0.15, 0.2) is 0 Å². The first kappa shape index (κ1) is 42.3. The average Bonchev–Trinajstić information content (AvgIpc) is 3.53. The Morgan fingerprint density at radius 2 is 1.43 bits per heavy atom. The fourth-order valence-electron chi connectivity index (χ4n) is 8.10. The predicted molar refractivity (Wildman–Crippen MR) is 233 cm³/mol. The van der Waals surface area contributed by atoms with Crippen LogP contribution < -0.4 is 15.4 Å². The first-order valence-corrected chi connectivity index (χ1v) is 21.2. The number of allylic oxidation sites excluding steroid dienone is 1. The van der Waals surface area contributed by atoms with E-state index in [-0.39, 0.29) is 29.9 Å². The van der Waals surface area contributed by atoms with E-state index in [9.17, 15) is 24.0 Å². The van der Waals surface area contributed by atoms with Crippen LogP contribution in [0.2, 0.25) is 0 Å². The number of fused-ring (bicyclic) bond motifs is 1. The van der Waals surface area contributed by atoms with Gasteiger partial charge in [-0.25, -0.2) is 0 Å². The monoisotopic (exact) mass is 830 g/mol. The number of amides is 5. The number of imide groups is 2. The van der Waals surface area contributed by atoms with E-state index in [0.29, 0.717) is 44.2 Å². The number of hydrogen-bond donors (Lipinski definition) is 2. The molecule has 3 aliphatic heterocycles. The van der Waals surface area contributed by atoms with Crippen molar-refractivity contribution in [3.05, 3.63) is 131 Å². The van der Waals surface area contributed by atoms with Gasteiger partial charge in [-0.15, -0.1) is 11.6 Å². The summed E-state index contributed by atoms with van der Waals surface area (Å²) >= 11 is 6.32. The van der Waals surface area contributed by atoms with Crippen molar-refractivity contribution in [1.82, 2.24) is 24.9 Å². The highest BCUT2D eigenvalue weighted by molar-refractivity contribution is 6.25. The van der Waals surface area contributed by atoms with E-state index in [1.165, 1.54) is 5.57 Å². The van der Waals surface area contributed by atoms with Crippen LogP contribution in [0.15, 0.2) is 103 Å². The second-order valence-corrected chi connectivity index (χ2v) is 15.6. The third-order valence-electron chi connectivity index (χ3n) is 11.4. The fraction of sp³-hybridized carbons (Fsp3) is 0.340. The number of benzene rings is 4. The Kier molecular flexibility index (Phi) is 14.1. The van der Waals surface area contributed by atoms with E-state index in [0.717, 1.165) is 72.1 Å². The highest BCUT2D eigenvalue weighted by atomic mass is 35.5. The second-order valence-electron chi connectivity index (χ2n) is 15.2. The zero-order valence-corrected chi connectivity index (χ0v) is 34.7. The Balaban J connectivity index is 0.830. The zero-order valence-electron chi connectivity index (χ0n) is 33.9. The molecular formula is C47H51ClN6O6. The third kappa shape index (κ3) is 9.95. The zero-order chi connectivity index (χ0) is 42.0. The molecule has 0 aliphatic carbocycles. The number of ether oxygens (including phenoxy) is 1. The molecule has 60 heavy (non-hydrogen) atoms. The molecular weight excluding hydrogens is 780 g/mol. The van der Waals surface area contributed by atoms with Gasteiger partial charge in [0.05, 0.1) is 17.7 Å². The van der Waals surface area contributed by atoms with Gasteiger partial charge in [-0.1, -0.05) is 78.9 Å². The Hall–Kier alpha value is -5.82. The molecule has 13 heteroatoms. The van der Waals surface area contributed by atoms with Crippen LogP contribution in [0.3, 0.4) is 0 Å². The fourth-order valence-corrected chi connectivity index (χ4v) is 8.29. The number of carbonyl (C=O) groups is 5. The summed E-state index contributed by atoms with van der Waals surface area (Å²) in [7, 11) is 1.82. The summed E-state index contributed by atoms with van der Waals surface area (Å²) in [6.45, 7) is 6.18. The molecule has 7 rings (SSSR count). The van der Waals surface area contributed by atoms with Crippen molar-refractivity contribution in [3.8, 4) is 5.75 Å². The molecule has 0 spiro atoms. The maximum atomic E-state index is 13.4. The van der Waals surface area contributed by atoms with E-state index < -0.39 is 29.7 Å². The number of nitrogens with zero attached hydrogens (tertiary/aromatic N) is 4. The molecule has 5 amide bonds. The maximum Gasteiger partial charge on any atom is 0.264 e. The van der Waals surface area contributed by atoms with Gasteiger partial charge >= 0.3 is 0 Å². The molecule has 0 aromatic heterocycles. The molecule has 4 aromatic carbocycles. The Bertz CT molecular complexity index is 2210. The first-order valence-electron chi connectivity index (χ1n) is 20.6. The molecule has 312 valence electrons. The second kappa shape index (κ2) is 20.0. The topological polar surface area (TPSA) is 132 Å². The number of alkyl halides is 1. The van der Waals surface area contributed by atoms with Gasteiger partial charge in [0.25, 0.3) is 11.8 Å². The SMILES string of the molecule is CN(CCOc1ccc(C(=C(CCCl)c2ccccc2)c2ccccc2)cc1)C(=O)CCN1CCN(CCNc2cccc3c2C(=O)N(C2CCC(=O)NC2=O)C3=O)CC1. The molecule has 2 N–H and O–H groups in total. The van der Waals surface area contributed by atoms with Gasteiger partial charge in [-0.2, -0.15) is 0 Å². The van der Waals surface area contributed by atoms with E-state index in [2.05, 4.69) is 56.8 Å². The molecule has 12 nitrogen and oxygen atoms in total. The summed E-state index contributed by atoms with van der Waals surface area (Å²) < 4.78 is 6.08. The van der Waals surface area contributed by atoms with Gasteiger partial charge in [0, 0.05) is 77.3 Å². The summed E-state index contributed by atoms with van der Waals surface area (Å²) in [5.74, 6) is -0.753. The number of halogens is 1. The average molecular weight is 831 g/mol. The lowest BCUT2D eigenvalue weighted by Gasteiger charge is -2.34. The van der Waals surface area contributed by atoms with Crippen LogP contribution in [0, 0.1) is 0 Å². The van der Waals surface area contributed by atoms with Crippen molar-refractivity contribution >= 4 is 58.0 Å². The van der Waals surface area contributed by atoms with Gasteiger partial charge in [-0.05, 0) is 64.9 Å². The van der Waals surface area contributed by atoms with E-state index in [1.54, 1.807) is 23.1 Å². The lowest BCUT2D eigenvalue weighted by atomic mass is 9.88. The minimum absolute atomic E-state index is 0.0744. The Labute approximate surface area is 356 Å². The van der Waals surface area contributed by atoms with Crippen molar-refractivity contribution in [3.63, 3.8) is 0 Å². The summed E-state index contributed by atoms with van der Waals surface area (Å²) in [5.41, 5.74) is 6.74. The first-order chi connectivity index (χ1) is 29.2. The molecule has 1 unspecified atom stereocenters. The molecule has 0 radical (unpaired) electrons. The van der Waals surface area contributed by atoms with Crippen LogP contribution >= 0.6 is 11.6 Å². The van der Waals surface area contributed by atoms with Crippen molar-refractivity contribution < 1.29 is 28.7 Å². The number of piperidine rings is 1. The van der Waals surface area contributed by atoms with Crippen molar-refractivity contribution in [1.29, 1.82) is 0 Å². The van der Waals surface area contributed by atoms with Gasteiger partial charge < -0.3 is 19.9 Å². The molecule has 0 saturated carbocycles. The summed E-state index contributed by atoms with van der Waals surface area (Å²) in [5, 5.41) is 5.56. The Morgan fingerprint density at radius 1 is 0.783 bits per heavy atom. The van der Waals surface area contributed by atoms with E-state index >= 15 is 0 Å². The van der Waals surface area contributed by atoms with Crippen LogP contribution in [0.1, 0.15) is 63.1 Å². The molecule has 3 heterocycles. The lowest BCUT2D eigenvalue weighted by molar-refractivity contribution is -0.136. The van der Waals surface area contributed by atoms with E-state index in [4.69, 9.17) is 16.3 Å². The summed E-state index contributed by atoms with van der Waals surface area (Å²) in [6, 6.07) is 32.9. The highest BCUT2D eigenvalue weighted by Crippen LogP contribution is 2.36. The third-order valence-corrected chi connectivity index (χ3v) is 11.6. The molecule has 3 aliphatic rings. The van der Waals surface area contributed by atoms with Crippen molar-refractivity contribution in [2.75, 3.05) is 77.2 Å². The van der Waals surface area contributed by atoms with Crippen molar-refractivity contribution in [2.45, 2.75) is 31.7 Å². The number of hydrogen-bond acceptors (Lipinski definition) is 9. The number of likely N-dealkylation sites (N-methyl/N-ethyl adjacent to an activating group) is 1. The number of piperazine rings is 1. The Morgan fingerprint density at radius 3 is 2.10 bits per heavy atom. The molecule has 4 aromatic rings. The maximum absolute atomic E-state index is 13.4. The minimum atomic E-state index is -1.00. The largest absolute Gasteiger partial charge is 0.492 e. The van der Waals surface area contributed by atoms with Crippen LogP contribution in [0.4, 0.5) is 5.69 Å². The number of anilines is 1. The standard InChI is InChI=1S/C47H51ClN6O6/c1-51(31-32-60-36-17-15-35(16-18-36)43(34-11-6-3-7-12-34)37(21-23-48)33-9-4-2-5-10-33)42(56)22-25-52-27-29-53(30-28-52)26-24-49-39-14-8-13-38-44(39)47(59)54(46(38)58)40-19-20-41(55)50-45(40)57/h2-18,40,49H,19-32H2,1H3,(H,50,55,57). The quantitative estimate of drug-likeness (QED) is 0.0790.